The van der Waals surface area contributed by atoms with Crippen molar-refractivity contribution in [3.05, 3.63) is 0 Å². The Morgan fingerprint density at radius 1 is 1.42 bits per heavy atom. The van der Waals surface area contributed by atoms with E-state index in [1.807, 2.05) is 20.8 Å². The first kappa shape index (κ1) is 14.5. The summed E-state index contributed by atoms with van der Waals surface area (Å²) in [4.78, 5) is 24.2. The van der Waals surface area contributed by atoms with Crippen LogP contribution in [-0.4, -0.2) is 18.4 Å². The lowest BCUT2D eigenvalue weighted by Gasteiger charge is -2.59. The molecular weight excluding hydrogens is 240 g/mol. The summed E-state index contributed by atoms with van der Waals surface area (Å²) in [5.41, 5.74) is -0.293. The fourth-order valence-electron chi connectivity index (χ4n) is 3.92. The Balaban J connectivity index is 2.09. The number of Topliss-reactive ketones (excluding diaryl/α,β-unsaturated/α-hetero) is 1. The zero-order chi connectivity index (χ0) is 14.4. The quantitative estimate of drug-likeness (QED) is 0.734. The third kappa shape index (κ3) is 2.32. The van der Waals surface area contributed by atoms with E-state index in [4.69, 9.17) is 4.74 Å². The highest BCUT2D eigenvalue weighted by molar-refractivity contribution is 5.85. The molecule has 3 aliphatic carbocycles. The predicted molar refractivity (Wildman–Crippen MR) is 73.5 cm³/mol. The molecule has 3 aliphatic rings. The largest absolute Gasteiger partial charge is 0.466 e. The number of esters is 1. The second-order valence-corrected chi connectivity index (χ2v) is 7.45. The van der Waals surface area contributed by atoms with Crippen LogP contribution in [0, 0.1) is 28.6 Å². The fraction of sp³-hybridized carbons (Fsp3) is 0.875. The first-order valence-electron chi connectivity index (χ1n) is 7.40. The van der Waals surface area contributed by atoms with Crippen molar-refractivity contribution in [2.45, 2.75) is 53.9 Å². The van der Waals surface area contributed by atoms with Crippen LogP contribution >= 0.6 is 0 Å². The molecule has 0 heterocycles. The Morgan fingerprint density at radius 3 is 2.58 bits per heavy atom. The van der Waals surface area contributed by atoms with E-state index in [1.54, 1.807) is 0 Å². The molecule has 3 saturated carbocycles. The molecule has 108 valence electrons. The summed E-state index contributed by atoms with van der Waals surface area (Å²) in [5, 5.41) is 0. The lowest BCUT2D eigenvalue weighted by molar-refractivity contribution is -0.165. The first-order chi connectivity index (χ1) is 8.70. The van der Waals surface area contributed by atoms with Gasteiger partial charge in [0.25, 0.3) is 0 Å². The van der Waals surface area contributed by atoms with Crippen molar-refractivity contribution in [2.75, 3.05) is 6.61 Å². The van der Waals surface area contributed by atoms with E-state index in [1.165, 1.54) is 0 Å². The molecule has 2 bridgehead atoms. The second kappa shape index (κ2) is 4.60. The maximum atomic E-state index is 12.2. The van der Waals surface area contributed by atoms with Gasteiger partial charge in [-0.2, -0.15) is 0 Å². The van der Waals surface area contributed by atoms with E-state index in [9.17, 15) is 9.59 Å². The van der Waals surface area contributed by atoms with E-state index < -0.39 is 5.41 Å². The molecule has 0 aromatic rings. The number of ether oxygens (including phenoxy) is 1. The standard InChI is InChI=1S/C16H26O3/c1-6-19-14(18)15(2,3)9-11-12-7-10(8-13(11)17)16(12,4)5/h10-12H,6-9H2,1-5H3. The Morgan fingerprint density at radius 2 is 2.05 bits per heavy atom. The van der Waals surface area contributed by atoms with Crippen molar-refractivity contribution in [1.29, 1.82) is 0 Å². The zero-order valence-electron chi connectivity index (χ0n) is 12.8. The fourth-order valence-corrected chi connectivity index (χ4v) is 3.92. The molecule has 3 nitrogen and oxygen atoms in total. The Labute approximate surface area is 116 Å². The van der Waals surface area contributed by atoms with Gasteiger partial charge in [0.05, 0.1) is 12.0 Å². The minimum Gasteiger partial charge on any atom is -0.466 e. The van der Waals surface area contributed by atoms with E-state index in [0.717, 1.165) is 6.42 Å². The van der Waals surface area contributed by atoms with Crippen LogP contribution in [0.25, 0.3) is 0 Å². The number of ketones is 1. The highest BCUT2D eigenvalue weighted by Crippen LogP contribution is 2.61. The maximum Gasteiger partial charge on any atom is 0.311 e. The normalized spacial score (nSPS) is 32.7. The summed E-state index contributed by atoms with van der Waals surface area (Å²) in [6, 6.07) is 0. The third-order valence-corrected chi connectivity index (χ3v) is 5.45. The Bertz CT molecular complexity index is 395. The molecule has 0 saturated heterocycles. The summed E-state index contributed by atoms with van der Waals surface area (Å²) in [6.45, 7) is 10.6. The van der Waals surface area contributed by atoms with Crippen molar-refractivity contribution < 1.29 is 14.3 Å². The second-order valence-electron chi connectivity index (χ2n) is 7.45. The molecule has 0 N–H and O–H groups in total. The van der Waals surface area contributed by atoms with Gasteiger partial charge in [-0.05, 0) is 50.9 Å². The van der Waals surface area contributed by atoms with Gasteiger partial charge in [-0.25, -0.2) is 0 Å². The summed E-state index contributed by atoms with van der Waals surface area (Å²) >= 11 is 0. The number of fused-ring (bicyclic) bond motifs is 2. The van der Waals surface area contributed by atoms with Gasteiger partial charge in [0.1, 0.15) is 5.78 Å². The number of carbonyl (C=O) groups is 2. The van der Waals surface area contributed by atoms with Gasteiger partial charge in [-0.15, -0.1) is 0 Å². The van der Waals surface area contributed by atoms with E-state index in [2.05, 4.69) is 13.8 Å². The predicted octanol–water partition coefficient (Wildman–Crippen LogP) is 3.22. The minimum absolute atomic E-state index is 0.0411. The van der Waals surface area contributed by atoms with Gasteiger partial charge in [0.15, 0.2) is 0 Å². The van der Waals surface area contributed by atoms with Crippen LogP contribution in [-0.2, 0) is 14.3 Å². The van der Waals surface area contributed by atoms with Crippen LogP contribution < -0.4 is 0 Å². The zero-order valence-corrected chi connectivity index (χ0v) is 12.8. The smallest absolute Gasteiger partial charge is 0.311 e. The average Bonchev–Trinajstić information content (AvgIpc) is 2.31. The molecule has 3 heteroatoms. The van der Waals surface area contributed by atoms with Crippen molar-refractivity contribution >= 4 is 11.8 Å². The SMILES string of the molecule is CCOC(=O)C(C)(C)CC1C(=O)CC2CC1C2(C)C. The Hall–Kier alpha value is -0.860. The van der Waals surface area contributed by atoms with Gasteiger partial charge in [-0.1, -0.05) is 13.8 Å². The van der Waals surface area contributed by atoms with Crippen molar-refractivity contribution in [2.24, 2.45) is 28.6 Å². The van der Waals surface area contributed by atoms with Crippen LogP contribution in [0.2, 0.25) is 0 Å². The monoisotopic (exact) mass is 266 g/mol. The van der Waals surface area contributed by atoms with Gasteiger partial charge >= 0.3 is 5.97 Å². The molecule has 0 radical (unpaired) electrons. The van der Waals surface area contributed by atoms with Crippen LogP contribution in [0.15, 0.2) is 0 Å². The lowest BCUT2D eigenvalue weighted by Crippen LogP contribution is -2.57. The number of rotatable bonds is 4. The van der Waals surface area contributed by atoms with Crippen molar-refractivity contribution in [3.63, 3.8) is 0 Å². The van der Waals surface area contributed by atoms with E-state index in [-0.39, 0.29) is 17.3 Å². The molecule has 3 atom stereocenters. The van der Waals surface area contributed by atoms with Gasteiger partial charge < -0.3 is 4.74 Å². The molecule has 3 fully saturated rings. The molecule has 0 spiro atoms. The van der Waals surface area contributed by atoms with E-state index in [0.29, 0.717) is 37.1 Å². The number of hydrogen-bond acceptors (Lipinski definition) is 3. The topological polar surface area (TPSA) is 43.4 Å². The van der Waals surface area contributed by atoms with Gasteiger partial charge in [-0.3, -0.25) is 9.59 Å². The Kier molecular flexibility index (Phi) is 3.53. The van der Waals surface area contributed by atoms with E-state index >= 15 is 0 Å². The maximum absolute atomic E-state index is 12.2. The summed E-state index contributed by atoms with van der Waals surface area (Å²) in [7, 11) is 0. The molecule has 0 aliphatic heterocycles. The number of hydrogen-bond donors (Lipinski definition) is 0. The lowest BCUT2D eigenvalue weighted by atomic mass is 9.44. The summed E-state index contributed by atoms with van der Waals surface area (Å²) < 4.78 is 5.13. The third-order valence-electron chi connectivity index (χ3n) is 5.45. The highest BCUT2D eigenvalue weighted by atomic mass is 16.5. The molecule has 19 heavy (non-hydrogen) atoms. The molecule has 0 amide bonds. The minimum atomic E-state index is -0.561. The summed E-state index contributed by atoms with van der Waals surface area (Å²) in [6.07, 6.45) is 2.49. The molecule has 0 aromatic heterocycles. The van der Waals surface area contributed by atoms with Crippen molar-refractivity contribution in [1.82, 2.24) is 0 Å². The molecule has 3 unspecified atom stereocenters. The van der Waals surface area contributed by atoms with Crippen LogP contribution in [0.1, 0.15) is 53.9 Å². The van der Waals surface area contributed by atoms with Crippen LogP contribution in [0.4, 0.5) is 0 Å². The molecule has 3 rings (SSSR count). The molecule has 0 aromatic carbocycles. The van der Waals surface area contributed by atoms with Gasteiger partial charge in [0, 0.05) is 12.3 Å². The summed E-state index contributed by atoms with van der Waals surface area (Å²) in [5.74, 6) is 1.24. The van der Waals surface area contributed by atoms with Gasteiger partial charge in [0.2, 0.25) is 0 Å². The highest BCUT2D eigenvalue weighted by Gasteiger charge is 2.58. The average molecular weight is 266 g/mol. The van der Waals surface area contributed by atoms with Crippen molar-refractivity contribution in [3.8, 4) is 0 Å². The van der Waals surface area contributed by atoms with Crippen LogP contribution in [0.5, 0.6) is 0 Å². The van der Waals surface area contributed by atoms with Crippen LogP contribution in [0.3, 0.4) is 0 Å². The first-order valence-corrected chi connectivity index (χ1v) is 7.40. The number of carbonyl (C=O) groups excluding carboxylic acids is 2. The molecular formula is C16H26O3.